The van der Waals surface area contributed by atoms with Gasteiger partial charge in [-0.15, -0.1) is 11.8 Å². The lowest BCUT2D eigenvalue weighted by molar-refractivity contribution is 0.0496. The predicted octanol–water partition coefficient (Wildman–Crippen LogP) is 1.32. The molecule has 0 amide bonds. The molecular formula is C15H24N2O3S. The number of nitrogens with two attached hydrogens (primary N) is 1. The first-order chi connectivity index (χ1) is 10.1. The highest BCUT2D eigenvalue weighted by molar-refractivity contribution is 7.98. The summed E-state index contributed by atoms with van der Waals surface area (Å²) < 4.78 is 10.9. The Hall–Kier alpha value is -0.950. The van der Waals surface area contributed by atoms with Gasteiger partial charge in [0.25, 0.3) is 0 Å². The van der Waals surface area contributed by atoms with E-state index < -0.39 is 6.10 Å². The van der Waals surface area contributed by atoms with Crippen LogP contribution in [0.25, 0.3) is 0 Å². The zero-order chi connectivity index (χ0) is 15.4. The molecule has 1 aromatic rings. The first kappa shape index (κ1) is 16.4. The molecule has 2 rings (SSSR count). The van der Waals surface area contributed by atoms with Crippen molar-refractivity contribution >= 4 is 11.8 Å². The molecule has 0 aromatic heterocycles. The minimum atomic E-state index is -0.461. The topological polar surface area (TPSA) is 68.0 Å². The fourth-order valence-electron chi connectivity index (χ4n) is 2.62. The number of aliphatic hydroxyl groups excluding tert-OH is 1. The largest absolute Gasteiger partial charge is 0.496 e. The molecule has 21 heavy (non-hydrogen) atoms. The summed E-state index contributed by atoms with van der Waals surface area (Å²) in [6, 6.07) is 3.91. The van der Waals surface area contributed by atoms with Crippen LogP contribution in [0.3, 0.4) is 0 Å². The molecule has 0 spiro atoms. The van der Waals surface area contributed by atoms with Gasteiger partial charge in [-0.2, -0.15) is 0 Å². The van der Waals surface area contributed by atoms with Crippen LogP contribution in [0.4, 0.5) is 0 Å². The summed E-state index contributed by atoms with van der Waals surface area (Å²) >= 11 is 1.63. The second-order valence-corrected chi connectivity index (χ2v) is 6.12. The van der Waals surface area contributed by atoms with E-state index in [0.717, 1.165) is 41.5 Å². The van der Waals surface area contributed by atoms with Crippen LogP contribution >= 0.6 is 11.8 Å². The second-order valence-electron chi connectivity index (χ2n) is 5.27. The van der Waals surface area contributed by atoms with E-state index in [1.54, 1.807) is 26.0 Å². The molecule has 1 fully saturated rings. The van der Waals surface area contributed by atoms with Crippen LogP contribution < -0.4 is 15.2 Å². The Labute approximate surface area is 130 Å². The quantitative estimate of drug-likeness (QED) is 0.799. The Morgan fingerprint density at radius 1 is 1.33 bits per heavy atom. The number of methoxy groups -OCH3 is 2. The Kier molecular flexibility index (Phi) is 5.75. The van der Waals surface area contributed by atoms with Gasteiger partial charge in [0.2, 0.25) is 0 Å². The highest BCUT2D eigenvalue weighted by Crippen LogP contribution is 2.35. The van der Waals surface area contributed by atoms with Crippen molar-refractivity contribution in [3.63, 3.8) is 0 Å². The molecule has 0 aliphatic carbocycles. The van der Waals surface area contributed by atoms with Crippen molar-refractivity contribution in [1.29, 1.82) is 0 Å². The summed E-state index contributed by atoms with van der Waals surface area (Å²) in [7, 11) is 3.35. The molecule has 6 heteroatoms. The Morgan fingerprint density at radius 2 is 2.05 bits per heavy atom. The molecular weight excluding hydrogens is 288 g/mol. The van der Waals surface area contributed by atoms with E-state index in [1.807, 2.05) is 18.4 Å². The molecule has 2 atom stereocenters. The summed E-state index contributed by atoms with van der Waals surface area (Å²) in [5.41, 5.74) is 6.91. The van der Waals surface area contributed by atoms with Crippen molar-refractivity contribution in [1.82, 2.24) is 4.90 Å². The van der Waals surface area contributed by atoms with Crippen LogP contribution in [-0.2, 0) is 6.54 Å². The highest BCUT2D eigenvalue weighted by atomic mass is 32.2. The molecule has 1 saturated heterocycles. The summed E-state index contributed by atoms with van der Waals surface area (Å²) in [4.78, 5) is 3.25. The molecule has 0 unspecified atom stereocenters. The number of hydrogen-bond acceptors (Lipinski definition) is 6. The van der Waals surface area contributed by atoms with Crippen molar-refractivity contribution in [2.75, 3.05) is 33.6 Å². The van der Waals surface area contributed by atoms with Crippen LogP contribution in [0, 0.1) is 0 Å². The molecule has 1 aliphatic heterocycles. The van der Waals surface area contributed by atoms with Crippen LogP contribution in [0.2, 0.25) is 0 Å². The maximum absolute atomic E-state index is 9.91. The van der Waals surface area contributed by atoms with E-state index in [9.17, 15) is 5.11 Å². The number of ether oxygens (including phenoxy) is 2. The van der Waals surface area contributed by atoms with Gasteiger partial charge in [-0.3, -0.25) is 4.90 Å². The number of likely N-dealkylation sites (tertiary alicyclic amines) is 1. The van der Waals surface area contributed by atoms with Crippen LogP contribution in [-0.4, -0.2) is 55.7 Å². The molecule has 1 aliphatic rings. The fourth-order valence-corrected chi connectivity index (χ4v) is 3.18. The zero-order valence-corrected chi connectivity index (χ0v) is 13.7. The van der Waals surface area contributed by atoms with Crippen LogP contribution in [0.1, 0.15) is 12.0 Å². The lowest BCUT2D eigenvalue weighted by Crippen LogP contribution is -2.50. The number of β-amino-alcohol motifs (C(OH)–C–C–N with tert-alkyl or cyclic N) is 1. The van der Waals surface area contributed by atoms with Crippen molar-refractivity contribution in [3.8, 4) is 11.5 Å². The van der Waals surface area contributed by atoms with Gasteiger partial charge >= 0.3 is 0 Å². The first-order valence-electron chi connectivity index (χ1n) is 7.04. The van der Waals surface area contributed by atoms with E-state index >= 15 is 0 Å². The van der Waals surface area contributed by atoms with Crippen molar-refractivity contribution in [2.24, 2.45) is 5.73 Å². The SMILES string of the molecule is COc1cc(SC)c(OC)cc1CN1CC[C@@H](N)[C@H](O)C1. The average molecular weight is 312 g/mol. The zero-order valence-electron chi connectivity index (χ0n) is 12.8. The van der Waals surface area contributed by atoms with Gasteiger partial charge in [-0.05, 0) is 24.8 Å². The summed E-state index contributed by atoms with van der Waals surface area (Å²) in [6.45, 7) is 2.20. The summed E-state index contributed by atoms with van der Waals surface area (Å²) in [6.07, 6.45) is 2.36. The molecule has 3 N–H and O–H groups in total. The summed E-state index contributed by atoms with van der Waals surface area (Å²) in [5, 5.41) is 9.91. The van der Waals surface area contributed by atoms with E-state index in [0.29, 0.717) is 6.54 Å². The molecule has 0 bridgehead atoms. The van der Waals surface area contributed by atoms with Crippen molar-refractivity contribution < 1.29 is 14.6 Å². The third kappa shape index (κ3) is 3.83. The van der Waals surface area contributed by atoms with E-state index in [1.165, 1.54) is 0 Å². The third-order valence-corrected chi connectivity index (χ3v) is 4.66. The number of rotatable bonds is 5. The lowest BCUT2D eigenvalue weighted by atomic mass is 10.0. The van der Waals surface area contributed by atoms with Gasteiger partial charge in [0.1, 0.15) is 11.5 Å². The Balaban J connectivity index is 2.18. The van der Waals surface area contributed by atoms with E-state index in [2.05, 4.69) is 4.90 Å². The third-order valence-electron chi connectivity index (χ3n) is 3.90. The van der Waals surface area contributed by atoms with Crippen LogP contribution in [0.15, 0.2) is 17.0 Å². The number of nitrogens with zero attached hydrogens (tertiary/aromatic N) is 1. The predicted molar refractivity (Wildman–Crippen MR) is 85.2 cm³/mol. The molecule has 0 saturated carbocycles. The molecule has 1 heterocycles. The monoisotopic (exact) mass is 312 g/mol. The van der Waals surface area contributed by atoms with E-state index in [-0.39, 0.29) is 6.04 Å². The smallest absolute Gasteiger partial charge is 0.132 e. The molecule has 5 nitrogen and oxygen atoms in total. The minimum absolute atomic E-state index is 0.114. The molecule has 0 radical (unpaired) electrons. The van der Waals surface area contributed by atoms with Gasteiger partial charge in [0.05, 0.1) is 25.2 Å². The Morgan fingerprint density at radius 3 is 2.62 bits per heavy atom. The highest BCUT2D eigenvalue weighted by Gasteiger charge is 2.25. The average Bonchev–Trinajstić information content (AvgIpc) is 2.50. The maximum Gasteiger partial charge on any atom is 0.132 e. The van der Waals surface area contributed by atoms with Gasteiger partial charge < -0.3 is 20.3 Å². The molecule has 1 aromatic carbocycles. The van der Waals surface area contributed by atoms with Gasteiger partial charge in [0, 0.05) is 31.2 Å². The standard InChI is InChI=1S/C15H24N2O3S/c1-19-13-7-15(21-3)14(20-2)6-10(13)8-17-5-4-11(16)12(18)9-17/h6-7,11-12,18H,4-5,8-9,16H2,1-3H3/t11-,12-/m1/s1. The molecule has 118 valence electrons. The number of piperidine rings is 1. The van der Waals surface area contributed by atoms with Crippen LogP contribution in [0.5, 0.6) is 11.5 Å². The summed E-state index contributed by atoms with van der Waals surface area (Å²) in [5.74, 6) is 1.71. The van der Waals surface area contributed by atoms with Gasteiger partial charge in [0.15, 0.2) is 0 Å². The van der Waals surface area contributed by atoms with Gasteiger partial charge in [-0.25, -0.2) is 0 Å². The van der Waals surface area contributed by atoms with E-state index in [4.69, 9.17) is 15.2 Å². The minimum Gasteiger partial charge on any atom is -0.496 e. The number of hydrogen-bond donors (Lipinski definition) is 2. The van der Waals surface area contributed by atoms with Gasteiger partial charge in [-0.1, -0.05) is 0 Å². The maximum atomic E-state index is 9.91. The number of benzene rings is 1. The normalized spacial score (nSPS) is 23.1. The Bertz CT molecular complexity index is 484. The second kappa shape index (κ2) is 7.35. The first-order valence-corrected chi connectivity index (χ1v) is 8.26. The number of aliphatic hydroxyl groups is 1. The fraction of sp³-hybridized carbons (Fsp3) is 0.600. The van der Waals surface area contributed by atoms with Crippen molar-refractivity contribution in [2.45, 2.75) is 30.0 Å². The van der Waals surface area contributed by atoms with Crippen molar-refractivity contribution in [3.05, 3.63) is 17.7 Å². The number of thioether (sulfide) groups is 1. The lowest BCUT2D eigenvalue weighted by Gasteiger charge is -2.34.